The third-order valence-corrected chi connectivity index (χ3v) is 1.90. The SMILES string of the molecule is COc1cc(C(F)F)ccc1CC(=O)O. The van der Waals surface area contributed by atoms with E-state index in [9.17, 15) is 13.6 Å². The highest BCUT2D eigenvalue weighted by atomic mass is 19.3. The molecule has 0 saturated carbocycles. The molecule has 0 spiro atoms. The standard InChI is InChI=1S/C10H10F2O3/c1-15-8-4-7(10(11)12)3-2-6(8)5-9(13)14/h2-4,10H,5H2,1H3,(H,13,14). The number of hydrogen-bond acceptors (Lipinski definition) is 2. The van der Waals surface area contributed by atoms with Gasteiger partial charge in [0.2, 0.25) is 0 Å². The van der Waals surface area contributed by atoms with Crippen molar-refractivity contribution in [3.8, 4) is 5.75 Å². The van der Waals surface area contributed by atoms with Gasteiger partial charge in [-0.15, -0.1) is 0 Å². The van der Waals surface area contributed by atoms with Crippen LogP contribution >= 0.6 is 0 Å². The van der Waals surface area contributed by atoms with Crippen LogP contribution in [0.3, 0.4) is 0 Å². The Bertz CT molecular complexity index is 364. The van der Waals surface area contributed by atoms with E-state index in [4.69, 9.17) is 9.84 Å². The summed E-state index contributed by atoms with van der Waals surface area (Å²) in [6, 6.07) is 3.70. The minimum Gasteiger partial charge on any atom is -0.496 e. The molecule has 1 aromatic carbocycles. The zero-order chi connectivity index (χ0) is 11.4. The van der Waals surface area contributed by atoms with Crippen LogP contribution in [0.5, 0.6) is 5.75 Å². The van der Waals surface area contributed by atoms with Gasteiger partial charge in [0.05, 0.1) is 13.5 Å². The lowest BCUT2D eigenvalue weighted by molar-refractivity contribution is -0.136. The van der Waals surface area contributed by atoms with Crippen molar-refractivity contribution < 1.29 is 23.4 Å². The van der Waals surface area contributed by atoms with E-state index in [0.717, 1.165) is 6.07 Å². The highest BCUT2D eigenvalue weighted by molar-refractivity contribution is 5.71. The Morgan fingerprint density at radius 2 is 2.20 bits per heavy atom. The molecule has 0 aliphatic heterocycles. The van der Waals surface area contributed by atoms with Crippen LogP contribution in [0.1, 0.15) is 17.6 Å². The number of alkyl halides is 2. The molecular weight excluding hydrogens is 206 g/mol. The second-order valence-corrected chi connectivity index (χ2v) is 2.94. The van der Waals surface area contributed by atoms with E-state index in [0.29, 0.717) is 5.56 Å². The number of halogens is 2. The number of carboxylic acid groups (broad SMARTS) is 1. The lowest BCUT2D eigenvalue weighted by Gasteiger charge is -2.08. The number of aliphatic carboxylic acids is 1. The van der Waals surface area contributed by atoms with Gasteiger partial charge >= 0.3 is 5.97 Å². The molecule has 0 aromatic heterocycles. The van der Waals surface area contributed by atoms with Crippen LogP contribution in [0.2, 0.25) is 0 Å². The van der Waals surface area contributed by atoms with E-state index in [1.807, 2.05) is 0 Å². The van der Waals surface area contributed by atoms with Gasteiger partial charge in [0.25, 0.3) is 6.43 Å². The second kappa shape index (κ2) is 4.72. The Hall–Kier alpha value is -1.65. The smallest absolute Gasteiger partial charge is 0.307 e. The molecular formula is C10H10F2O3. The van der Waals surface area contributed by atoms with Crippen LogP contribution in [-0.4, -0.2) is 18.2 Å². The molecule has 1 N–H and O–H groups in total. The Balaban J connectivity index is 3.03. The zero-order valence-electron chi connectivity index (χ0n) is 8.04. The third kappa shape index (κ3) is 2.90. The number of hydrogen-bond donors (Lipinski definition) is 1. The van der Waals surface area contributed by atoms with Crippen molar-refractivity contribution in [3.05, 3.63) is 29.3 Å². The summed E-state index contributed by atoms with van der Waals surface area (Å²) in [6.07, 6.45) is -2.83. The summed E-state index contributed by atoms with van der Waals surface area (Å²) < 4.78 is 29.5. The summed E-state index contributed by atoms with van der Waals surface area (Å²) >= 11 is 0. The summed E-state index contributed by atoms with van der Waals surface area (Å²) in [7, 11) is 1.32. The van der Waals surface area contributed by atoms with Crippen LogP contribution in [0.15, 0.2) is 18.2 Å². The van der Waals surface area contributed by atoms with Crippen LogP contribution in [0.4, 0.5) is 8.78 Å². The Labute approximate surface area is 85.3 Å². The first kappa shape index (κ1) is 11.4. The van der Waals surface area contributed by atoms with Crippen LogP contribution in [-0.2, 0) is 11.2 Å². The molecule has 0 aliphatic carbocycles. The fourth-order valence-corrected chi connectivity index (χ4v) is 1.21. The molecule has 15 heavy (non-hydrogen) atoms. The molecule has 5 heteroatoms. The summed E-state index contributed by atoms with van der Waals surface area (Å²) in [4.78, 5) is 10.5. The lowest BCUT2D eigenvalue weighted by Crippen LogP contribution is -2.02. The predicted molar refractivity (Wildman–Crippen MR) is 49.3 cm³/mol. The average Bonchev–Trinajstić information content (AvgIpc) is 2.17. The largest absolute Gasteiger partial charge is 0.496 e. The molecule has 0 fully saturated rings. The van der Waals surface area contributed by atoms with Crippen molar-refractivity contribution >= 4 is 5.97 Å². The Kier molecular flexibility index (Phi) is 3.60. The van der Waals surface area contributed by atoms with E-state index in [-0.39, 0.29) is 17.7 Å². The van der Waals surface area contributed by atoms with Gasteiger partial charge in [0.1, 0.15) is 5.75 Å². The molecule has 0 bridgehead atoms. The molecule has 0 radical (unpaired) electrons. The van der Waals surface area contributed by atoms with Crippen molar-refractivity contribution in [2.75, 3.05) is 7.11 Å². The first-order chi connectivity index (χ1) is 7.04. The van der Waals surface area contributed by atoms with Crippen molar-refractivity contribution in [3.63, 3.8) is 0 Å². The number of benzene rings is 1. The number of ether oxygens (including phenoxy) is 1. The fraction of sp³-hybridized carbons (Fsp3) is 0.300. The molecule has 0 heterocycles. The summed E-state index contributed by atoms with van der Waals surface area (Å²) in [5.41, 5.74) is 0.204. The lowest BCUT2D eigenvalue weighted by atomic mass is 10.1. The monoisotopic (exact) mass is 216 g/mol. The van der Waals surface area contributed by atoms with Crippen molar-refractivity contribution in [2.45, 2.75) is 12.8 Å². The number of carbonyl (C=O) groups is 1. The quantitative estimate of drug-likeness (QED) is 0.839. The maximum Gasteiger partial charge on any atom is 0.307 e. The summed E-state index contributed by atoms with van der Waals surface area (Å²) in [5.74, 6) is -0.853. The third-order valence-electron chi connectivity index (χ3n) is 1.90. The van der Waals surface area contributed by atoms with Gasteiger partial charge in [-0.2, -0.15) is 0 Å². The molecule has 0 aliphatic rings. The molecule has 0 unspecified atom stereocenters. The van der Waals surface area contributed by atoms with E-state index in [2.05, 4.69) is 0 Å². The number of rotatable bonds is 4. The van der Waals surface area contributed by atoms with Gasteiger partial charge < -0.3 is 9.84 Å². The Morgan fingerprint density at radius 3 is 2.67 bits per heavy atom. The first-order valence-corrected chi connectivity index (χ1v) is 4.21. The number of methoxy groups -OCH3 is 1. The van der Waals surface area contributed by atoms with Crippen LogP contribution in [0.25, 0.3) is 0 Å². The number of carboxylic acids is 1. The van der Waals surface area contributed by atoms with Crippen LogP contribution < -0.4 is 4.74 Å². The molecule has 1 aromatic rings. The Morgan fingerprint density at radius 1 is 1.53 bits per heavy atom. The van der Waals surface area contributed by atoms with Gasteiger partial charge in [-0.1, -0.05) is 12.1 Å². The van der Waals surface area contributed by atoms with E-state index in [1.165, 1.54) is 19.2 Å². The zero-order valence-corrected chi connectivity index (χ0v) is 8.04. The van der Waals surface area contributed by atoms with E-state index < -0.39 is 12.4 Å². The van der Waals surface area contributed by atoms with Gasteiger partial charge in [-0.05, 0) is 6.07 Å². The highest BCUT2D eigenvalue weighted by Crippen LogP contribution is 2.26. The predicted octanol–water partition coefficient (Wildman–Crippen LogP) is 2.26. The second-order valence-electron chi connectivity index (χ2n) is 2.94. The fourth-order valence-electron chi connectivity index (χ4n) is 1.21. The average molecular weight is 216 g/mol. The minimum absolute atomic E-state index is 0.176. The molecule has 0 saturated heterocycles. The summed E-state index contributed by atoms with van der Waals surface area (Å²) in [6.45, 7) is 0. The summed E-state index contributed by atoms with van der Waals surface area (Å²) in [5, 5.41) is 8.56. The van der Waals surface area contributed by atoms with E-state index in [1.54, 1.807) is 0 Å². The molecule has 0 amide bonds. The van der Waals surface area contributed by atoms with Gasteiger partial charge in [0, 0.05) is 11.1 Å². The minimum atomic E-state index is -2.59. The maximum absolute atomic E-state index is 12.3. The van der Waals surface area contributed by atoms with Gasteiger partial charge in [0.15, 0.2) is 0 Å². The molecule has 1 rings (SSSR count). The first-order valence-electron chi connectivity index (χ1n) is 4.21. The molecule has 0 atom stereocenters. The topological polar surface area (TPSA) is 46.5 Å². The highest BCUT2D eigenvalue weighted by Gasteiger charge is 2.12. The van der Waals surface area contributed by atoms with E-state index >= 15 is 0 Å². The van der Waals surface area contributed by atoms with Crippen LogP contribution in [0, 0.1) is 0 Å². The van der Waals surface area contributed by atoms with Crippen molar-refractivity contribution in [1.29, 1.82) is 0 Å². The van der Waals surface area contributed by atoms with Crippen molar-refractivity contribution in [2.24, 2.45) is 0 Å². The molecule has 82 valence electrons. The molecule has 3 nitrogen and oxygen atoms in total. The van der Waals surface area contributed by atoms with Gasteiger partial charge in [-0.3, -0.25) is 4.79 Å². The van der Waals surface area contributed by atoms with Crippen molar-refractivity contribution in [1.82, 2.24) is 0 Å². The van der Waals surface area contributed by atoms with Gasteiger partial charge in [-0.25, -0.2) is 8.78 Å². The maximum atomic E-state index is 12.3. The normalized spacial score (nSPS) is 10.4.